The summed E-state index contributed by atoms with van der Waals surface area (Å²) in [4.78, 5) is 30.7. The van der Waals surface area contributed by atoms with Gasteiger partial charge in [0, 0.05) is 30.7 Å². The molecule has 1 fully saturated rings. The summed E-state index contributed by atoms with van der Waals surface area (Å²) < 4.78 is 7.76. The van der Waals surface area contributed by atoms with Gasteiger partial charge in [0.15, 0.2) is 0 Å². The summed E-state index contributed by atoms with van der Waals surface area (Å²) in [5.74, 6) is 0.298. The first-order chi connectivity index (χ1) is 17.9. The van der Waals surface area contributed by atoms with Crippen molar-refractivity contribution in [1.29, 1.82) is 5.26 Å². The molecule has 1 aromatic carbocycles. The van der Waals surface area contributed by atoms with Crippen molar-refractivity contribution in [2.24, 2.45) is 18.9 Å². The van der Waals surface area contributed by atoms with E-state index in [4.69, 9.17) is 4.74 Å². The van der Waals surface area contributed by atoms with Gasteiger partial charge < -0.3 is 19.9 Å². The molecule has 0 radical (unpaired) electrons. The average molecular weight is 502 g/mol. The zero-order valence-electron chi connectivity index (χ0n) is 21.7. The van der Waals surface area contributed by atoms with Gasteiger partial charge in [-0.15, -0.1) is 0 Å². The van der Waals surface area contributed by atoms with Crippen LogP contribution >= 0.6 is 0 Å². The van der Waals surface area contributed by atoms with Crippen molar-refractivity contribution in [2.45, 2.75) is 64.6 Å². The molecule has 2 N–H and O–H groups in total. The molecule has 0 aliphatic heterocycles. The fourth-order valence-electron chi connectivity index (χ4n) is 5.01. The van der Waals surface area contributed by atoms with Gasteiger partial charge in [-0.2, -0.15) is 5.26 Å². The molecule has 2 aromatic heterocycles. The number of hydrogen-bond donors (Lipinski definition) is 2. The van der Waals surface area contributed by atoms with Gasteiger partial charge in [-0.05, 0) is 55.5 Å². The van der Waals surface area contributed by atoms with Gasteiger partial charge in [0.1, 0.15) is 24.1 Å². The fourth-order valence-corrected chi connectivity index (χ4v) is 5.01. The van der Waals surface area contributed by atoms with E-state index in [0.29, 0.717) is 36.8 Å². The summed E-state index contributed by atoms with van der Waals surface area (Å²) in [6.07, 6.45) is 5.66. The number of hydrogen-bond acceptors (Lipinski definition) is 5. The summed E-state index contributed by atoms with van der Waals surface area (Å²) >= 11 is 0. The Morgan fingerprint density at radius 1 is 1.19 bits per heavy atom. The van der Waals surface area contributed by atoms with Crippen LogP contribution in [0.15, 0.2) is 48.7 Å². The van der Waals surface area contributed by atoms with E-state index in [2.05, 4.69) is 21.7 Å². The second-order valence-corrected chi connectivity index (χ2v) is 10.2. The first-order valence-electron chi connectivity index (χ1n) is 13.0. The normalized spacial score (nSPS) is 18.2. The van der Waals surface area contributed by atoms with Crippen LogP contribution in [0.4, 0.5) is 0 Å². The lowest BCUT2D eigenvalue weighted by Gasteiger charge is -2.32. The number of aryl methyl sites for hydroxylation is 1. The first-order valence-corrected chi connectivity index (χ1v) is 13.0. The number of ether oxygens (including phenoxy) is 1. The Hall–Kier alpha value is -3.86. The smallest absolute Gasteiger partial charge is 0.268 e. The molecular formula is C29H35N5O3. The van der Waals surface area contributed by atoms with Crippen molar-refractivity contribution < 1.29 is 14.3 Å². The van der Waals surface area contributed by atoms with E-state index in [0.717, 1.165) is 35.9 Å². The molecule has 1 unspecified atom stereocenters. The lowest BCUT2D eigenvalue weighted by Crippen LogP contribution is -2.50. The SMILES string of the molecule is CC(C)CC(C#N)NC(=O)[C@@H]1CCCC[C@@H]1NC(=O)c1cc2ccc(OCc3ccccn3)cc2n1C. The van der Waals surface area contributed by atoms with Gasteiger partial charge in [-0.3, -0.25) is 14.6 Å². The Kier molecular flexibility index (Phi) is 8.44. The van der Waals surface area contributed by atoms with Gasteiger partial charge in [-0.25, -0.2) is 0 Å². The van der Waals surface area contributed by atoms with Crippen molar-refractivity contribution in [3.8, 4) is 11.8 Å². The highest BCUT2D eigenvalue weighted by Gasteiger charge is 2.33. The number of carbonyl (C=O) groups is 2. The van der Waals surface area contributed by atoms with Crippen LogP contribution in [0.5, 0.6) is 5.75 Å². The third kappa shape index (κ3) is 6.48. The second kappa shape index (κ2) is 11.9. The topological polar surface area (TPSA) is 109 Å². The molecule has 194 valence electrons. The van der Waals surface area contributed by atoms with E-state index in [9.17, 15) is 14.9 Å². The highest BCUT2D eigenvalue weighted by atomic mass is 16.5. The summed E-state index contributed by atoms with van der Waals surface area (Å²) in [5.41, 5.74) is 2.24. The monoisotopic (exact) mass is 501 g/mol. The number of benzene rings is 1. The van der Waals surface area contributed by atoms with Crippen molar-refractivity contribution in [3.05, 3.63) is 60.0 Å². The second-order valence-electron chi connectivity index (χ2n) is 10.2. The highest BCUT2D eigenvalue weighted by molar-refractivity contribution is 5.99. The molecule has 0 spiro atoms. The van der Waals surface area contributed by atoms with Crippen molar-refractivity contribution in [1.82, 2.24) is 20.2 Å². The Bertz CT molecular complexity index is 1280. The van der Waals surface area contributed by atoms with Crippen molar-refractivity contribution in [3.63, 3.8) is 0 Å². The molecule has 1 aliphatic carbocycles. The number of fused-ring (bicyclic) bond motifs is 1. The van der Waals surface area contributed by atoms with E-state index >= 15 is 0 Å². The van der Waals surface area contributed by atoms with Crippen molar-refractivity contribution in [2.75, 3.05) is 0 Å². The minimum Gasteiger partial charge on any atom is -0.487 e. The van der Waals surface area contributed by atoms with Crippen LogP contribution in [0, 0.1) is 23.2 Å². The van der Waals surface area contributed by atoms with Crippen LogP contribution < -0.4 is 15.4 Å². The molecule has 2 heterocycles. The van der Waals surface area contributed by atoms with Gasteiger partial charge in [-0.1, -0.05) is 32.8 Å². The number of nitriles is 1. The maximum Gasteiger partial charge on any atom is 0.268 e. The van der Waals surface area contributed by atoms with E-state index in [1.807, 2.05) is 67.9 Å². The molecule has 1 aliphatic rings. The zero-order valence-corrected chi connectivity index (χ0v) is 21.7. The summed E-state index contributed by atoms with van der Waals surface area (Å²) in [6, 6.07) is 14.7. The van der Waals surface area contributed by atoms with Gasteiger partial charge >= 0.3 is 0 Å². The molecule has 0 saturated heterocycles. The number of nitrogens with one attached hydrogen (secondary N) is 2. The molecule has 4 rings (SSSR count). The lowest BCUT2D eigenvalue weighted by atomic mass is 9.83. The number of nitrogens with zero attached hydrogens (tertiary/aromatic N) is 3. The molecular weight excluding hydrogens is 466 g/mol. The minimum absolute atomic E-state index is 0.149. The predicted octanol–water partition coefficient (Wildman–Crippen LogP) is 4.50. The third-order valence-corrected chi connectivity index (χ3v) is 6.96. The Labute approximate surface area is 218 Å². The van der Waals surface area contributed by atoms with Crippen LogP contribution in [-0.4, -0.2) is 33.4 Å². The average Bonchev–Trinajstić information content (AvgIpc) is 3.23. The number of carbonyl (C=O) groups excluding carboxylic acids is 2. The summed E-state index contributed by atoms with van der Waals surface area (Å²) in [5, 5.41) is 16.4. The molecule has 37 heavy (non-hydrogen) atoms. The van der Waals surface area contributed by atoms with Crippen LogP contribution in [0.2, 0.25) is 0 Å². The summed E-state index contributed by atoms with van der Waals surface area (Å²) in [6.45, 7) is 4.41. The number of aromatic nitrogens is 2. The molecule has 2 amide bonds. The fraction of sp³-hybridized carbons (Fsp3) is 0.448. The number of rotatable bonds is 9. The lowest BCUT2D eigenvalue weighted by molar-refractivity contribution is -0.127. The number of pyridine rings is 1. The van der Waals surface area contributed by atoms with E-state index in [1.165, 1.54) is 0 Å². The van der Waals surface area contributed by atoms with Crippen LogP contribution in [-0.2, 0) is 18.4 Å². The first kappa shape index (κ1) is 26.2. The maximum absolute atomic E-state index is 13.3. The molecule has 3 aromatic rings. The molecule has 8 heteroatoms. The third-order valence-electron chi connectivity index (χ3n) is 6.96. The largest absolute Gasteiger partial charge is 0.487 e. The maximum atomic E-state index is 13.3. The van der Waals surface area contributed by atoms with E-state index in [1.54, 1.807) is 6.20 Å². The Morgan fingerprint density at radius 3 is 2.73 bits per heavy atom. The molecule has 8 nitrogen and oxygen atoms in total. The molecule has 3 atom stereocenters. The van der Waals surface area contributed by atoms with Crippen LogP contribution in [0.3, 0.4) is 0 Å². The number of amides is 2. The zero-order chi connectivity index (χ0) is 26.4. The van der Waals surface area contributed by atoms with Gasteiger partial charge in [0.2, 0.25) is 5.91 Å². The predicted molar refractivity (Wildman–Crippen MR) is 142 cm³/mol. The quantitative estimate of drug-likeness (QED) is 0.449. The van der Waals surface area contributed by atoms with Gasteiger partial charge in [0.05, 0.1) is 23.2 Å². The highest BCUT2D eigenvalue weighted by Crippen LogP contribution is 2.27. The summed E-state index contributed by atoms with van der Waals surface area (Å²) in [7, 11) is 1.86. The molecule has 0 bridgehead atoms. The molecule has 1 saturated carbocycles. The van der Waals surface area contributed by atoms with Crippen LogP contribution in [0.1, 0.15) is 62.1 Å². The van der Waals surface area contributed by atoms with E-state index < -0.39 is 6.04 Å². The van der Waals surface area contributed by atoms with Gasteiger partial charge in [0.25, 0.3) is 5.91 Å². The van der Waals surface area contributed by atoms with Crippen molar-refractivity contribution >= 4 is 22.7 Å². The van der Waals surface area contributed by atoms with Crippen LogP contribution in [0.25, 0.3) is 10.9 Å². The minimum atomic E-state index is -0.516. The standard InChI is InChI=1S/C29H35N5O3/c1-19(2)14-22(17-30)32-28(35)24-9-4-5-10-25(24)33-29(36)27-15-20-11-12-23(16-26(20)34(27)3)37-18-21-8-6-7-13-31-21/h6-8,11-13,15-16,19,22,24-25H,4-5,9-10,14,18H2,1-3H3,(H,32,35)(H,33,36)/t22?,24-,25+/m1/s1. The Morgan fingerprint density at radius 2 is 2.00 bits per heavy atom. The Balaban J connectivity index is 1.45. The van der Waals surface area contributed by atoms with E-state index in [-0.39, 0.29) is 23.8 Å².